The number of hydrogen-bond acceptors (Lipinski definition) is 13. The average molecular weight is 1140 g/mol. The van der Waals surface area contributed by atoms with Crippen LogP contribution in [0.1, 0.15) is 136 Å². The summed E-state index contributed by atoms with van der Waals surface area (Å²) in [5, 5.41) is 28.5. The second-order valence-corrected chi connectivity index (χ2v) is 24.3. The van der Waals surface area contributed by atoms with Crippen LogP contribution in [0.4, 0.5) is 0 Å². The molecule has 9 amide bonds. The van der Waals surface area contributed by atoms with Crippen LogP contribution in [-0.4, -0.2) is 148 Å². The number of nitrogens with one attached hydrogen (secondary N) is 7. The molecule has 2 aliphatic carbocycles. The van der Waals surface area contributed by atoms with E-state index < -0.39 is 119 Å². The van der Waals surface area contributed by atoms with E-state index in [1.54, 1.807) is 38.1 Å². The fourth-order valence-electron chi connectivity index (χ4n) is 11.2. The van der Waals surface area contributed by atoms with E-state index in [-0.39, 0.29) is 80.6 Å². The van der Waals surface area contributed by atoms with Crippen molar-refractivity contribution in [1.29, 1.82) is 0 Å². The Bertz CT molecular complexity index is 2320. The Kier molecular flexibility index (Phi) is 25.0. The molecule has 2 saturated carbocycles. The lowest BCUT2D eigenvalue weighted by Gasteiger charge is -2.43. The SMILES string of the molecule is CC[C@@H](C)[C@@H]1NC(=O)[C@H](Cc2ccccc2)NC(=O)[C@@H]([C@H](C)CC)NC(=O)CC(C2CCCC2)(C2CCCC2)SSC[C@@H](C(=O)N2CCC[C@@H]2C(=O)N[C@@H](CCCN=C(N)N)C(=O)NCC(=O)O)NC(=O)[C@H](CC(N)=O)NC1=O. The number of nitrogens with zero attached hydrogens (tertiary/aromatic N) is 2. The van der Waals surface area contributed by atoms with Crippen molar-refractivity contribution in [3.8, 4) is 0 Å². The fourth-order valence-corrected chi connectivity index (χ4v) is 15.1. The number of carbonyl (C=O) groups excluding carboxylic acids is 9. The minimum Gasteiger partial charge on any atom is -0.480 e. The Balaban J connectivity index is 1.58. The highest BCUT2D eigenvalue weighted by Gasteiger charge is 2.50. The number of likely N-dealkylation sites (tertiary alicyclic amines) is 1. The molecule has 2 saturated heterocycles. The number of aliphatic imine (C=N–C) groups is 1. The quantitative estimate of drug-likeness (QED) is 0.0379. The number of carboxylic acids is 1. The van der Waals surface area contributed by atoms with E-state index in [0.29, 0.717) is 24.8 Å². The van der Waals surface area contributed by atoms with Gasteiger partial charge in [-0.05, 0) is 80.6 Å². The molecule has 4 fully saturated rings. The molecule has 438 valence electrons. The molecule has 2 aliphatic heterocycles. The van der Waals surface area contributed by atoms with Gasteiger partial charge < -0.3 is 64.4 Å². The van der Waals surface area contributed by atoms with Crippen molar-refractivity contribution in [1.82, 2.24) is 42.1 Å². The van der Waals surface area contributed by atoms with Gasteiger partial charge in [0.25, 0.3) is 0 Å². The van der Waals surface area contributed by atoms with E-state index >= 15 is 4.79 Å². The highest BCUT2D eigenvalue weighted by Crippen LogP contribution is 2.57. The van der Waals surface area contributed by atoms with E-state index in [4.69, 9.17) is 17.2 Å². The van der Waals surface area contributed by atoms with Crippen LogP contribution in [0, 0.1) is 23.7 Å². The maximum Gasteiger partial charge on any atom is 0.322 e. The molecule has 0 unspecified atom stereocenters. The highest BCUT2D eigenvalue weighted by atomic mass is 33.1. The predicted octanol–water partition coefficient (Wildman–Crippen LogP) is 1.26. The van der Waals surface area contributed by atoms with Gasteiger partial charge in [-0.3, -0.25) is 52.9 Å². The Morgan fingerprint density at radius 3 is 1.92 bits per heavy atom. The first-order valence-electron chi connectivity index (χ1n) is 28.0. The molecule has 0 bridgehead atoms. The molecule has 23 nitrogen and oxygen atoms in total. The van der Waals surface area contributed by atoms with Crippen molar-refractivity contribution in [2.45, 2.75) is 184 Å². The van der Waals surface area contributed by atoms with Crippen LogP contribution in [0.15, 0.2) is 35.3 Å². The van der Waals surface area contributed by atoms with E-state index in [9.17, 15) is 48.3 Å². The van der Waals surface area contributed by atoms with E-state index in [1.807, 2.05) is 19.9 Å². The number of hydrogen-bond donors (Lipinski definition) is 11. The molecular weight excluding hydrogens is 1060 g/mol. The first-order valence-corrected chi connectivity index (χ1v) is 30.3. The third kappa shape index (κ3) is 18.5. The summed E-state index contributed by atoms with van der Waals surface area (Å²) >= 11 is 0. The standard InChI is InChI=1S/C54H84N12O11S2/c1-5-31(3)44-50(75)61-37(26-33-16-8-7-9-17-33)48(73)65-45(32(4)6-2)51(76)62-38(27-41(55)67)47(72)63-39(30-78-79-54(28-42(68)64-44,34-18-10-11-19-34)35-20-12-13-21-35)52(77)66-25-15-23-40(66)49(74)60-36(22-14-24-58-53(56)57)46(71)59-29-43(69)70/h7-9,16-17,31-32,34-40,44-45H,5-6,10-15,18-30H2,1-4H3,(H2,55,67)(H,59,71)(H,60,74)(H,61,75)(H,62,76)(H,63,72)(H,64,68)(H,65,73)(H,69,70)(H4,56,57,58)/t31-,32-,36+,37+,38+,39+,40-,44-,45+/m1/s1. The molecule has 1 aromatic rings. The number of aliphatic carboxylic acids is 1. The molecule has 1 aromatic carbocycles. The van der Waals surface area contributed by atoms with E-state index in [2.05, 4.69) is 42.2 Å². The van der Waals surface area contributed by atoms with Gasteiger partial charge in [-0.15, -0.1) is 0 Å². The summed E-state index contributed by atoms with van der Waals surface area (Å²) < 4.78 is -0.687. The van der Waals surface area contributed by atoms with Crippen molar-refractivity contribution in [2.24, 2.45) is 45.9 Å². The average Bonchev–Trinajstić information content (AvgIpc) is 4.29. The van der Waals surface area contributed by atoms with E-state index in [1.165, 1.54) is 26.5 Å². The first kappa shape index (κ1) is 63.7. The van der Waals surface area contributed by atoms with Crippen LogP contribution >= 0.6 is 21.6 Å². The van der Waals surface area contributed by atoms with Crippen molar-refractivity contribution in [3.63, 3.8) is 0 Å². The van der Waals surface area contributed by atoms with Crippen LogP contribution in [0.25, 0.3) is 0 Å². The summed E-state index contributed by atoms with van der Waals surface area (Å²) in [5.74, 6) is -8.86. The molecule has 2 heterocycles. The number of benzene rings is 1. The predicted molar refractivity (Wildman–Crippen MR) is 301 cm³/mol. The number of carboxylic acid groups (broad SMARTS) is 1. The van der Waals surface area contributed by atoms with Gasteiger partial charge in [-0.1, -0.05) is 118 Å². The topological polar surface area (TPSA) is 369 Å². The number of guanidine groups is 1. The maximum atomic E-state index is 15.2. The normalized spacial score (nSPS) is 25.3. The van der Waals surface area contributed by atoms with Crippen molar-refractivity contribution >= 4 is 86.7 Å². The molecule has 79 heavy (non-hydrogen) atoms. The number of carbonyl (C=O) groups is 10. The van der Waals surface area contributed by atoms with Gasteiger partial charge >= 0.3 is 5.97 Å². The highest BCUT2D eigenvalue weighted by molar-refractivity contribution is 8.77. The molecule has 4 aliphatic rings. The molecule has 0 radical (unpaired) electrons. The van der Waals surface area contributed by atoms with Gasteiger partial charge in [0.05, 0.1) is 6.42 Å². The number of amides is 9. The van der Waals surface area contributed by atoms with Crippen molar-refractivity contribution in [3.05, 3.63) is 35.9 Å². The summed E-state index contributed by atoms with van der Waals surface area (Å²) in [7, 11) is 2.80. The Morgan fingerprint density at radius 2 is 1.35 bits per heavy atom. The van der Waals surface area contributed by atoms with Gasteiger partial charge in [0, 0.05) is 36.4 Å². The molecule has 9 atom stereocenters. The summed E-state index contributed by atoms with van der Waals surface area (Å²) in [4.78, 5) is 145. The lowest BCUT2D eigenvalue weighted by Crippen LogP contribution is -2.62. The molecule has 0 spiro atoms. The van der Waals surface area contributed by atoms with Crippen LogP contribution in [-0.2, 0) is 54.4 Å². The zero-order valence-corrected chi connectivity index (χ0v) is 47.7. The first-order chi connectivity index (χ1) is 37.7. The Morgan fingerprint density at radius 1 is 0.772 bits per heavy atom. The largest absolute Gasteiger partial charge is 0.480 e. The summed E-state index contributed by atoms with van der Waals surface area (Å²) in [6, 6.07) is 0.0210. The number of primary amides is 1. The van der Waals surface area contributed by atoms with Crippen LogP contribution < -0.4 is 54.4 Å². The Hall–Kier alpha value is -6.11. The molecule has 14 N–H and O–H groups in total. The molecule has 25 heteroatoms. The van der Waals surface area contributed by atoms with Gasteiger partial charge in [0.1, 0.15) is 48.8 Å². The molecular formula is C54H84N12O11S2. The minimum atomic E-state index is -1.65. The van der Waals surface area contributed by atoms with Crippen LogP contribution in [0.3, 0.4) is 0 Å². The van der Waals surface area contributed by atoms with Gasteiger partial charge in [-0.2, -0.15) is 0 Å². The minimum absolute atomic E-state index is 0.0112. The van der Waals surface area contributed by atoms with Crippen LogP contribution in [0.2, 0.25) is 0 Å². The monoisotopic (exact) mass is 1140 g/mol. The summed E-state index contributed by atoms with van der Waals surface area (Å²) in [6.07, 6.45) is 8.23. The third-order valence-electron chi connectivity index (χ3n) is 16.0. The van der Waals surface area contributed by atoms with Crippen LogP contribution in [0.5, 0.6) is 0 Å². The second kappa shape index (κ2) is 31.0. The van der Waals surface area contributed by atoms with Gasteiger partial charge in [0.15, 0.2) is 5.96 Å². The maximum absolute atomic E-state index is 15.2. The number of rotatable bonds is 20. The summed E-state index contributed by atoms with van der Waals surface area (Å²) in [5.41, 5.74) is 17.4. The summed E-state index contributed by atoms with van der Waals surface area (Å²) in [6.45, 7) is 6.75. The third-order valence-corrected chi connectivity index (χ3v) is 19.4. The number of nitrogens with two attached hydrogens (primary N) is 3. The van der Waals surface area contributed by atoms with Gasteiger partial charge in [0.2, 0.25) is 53.2 Å². The van der Waals surface area contributed by atoms with E-state index in [0.717, 1.165) is 51.4 Å². The molecule has 0 aromatic heterocycles. The second-order valence-electron chi connectivity index (χ2n) is 21.6. The van der Waals surface area contributed by atoms with Crippen molar-refractivity contribution in [2.75, 3.05) is 25.4 Å². The van der Waals surface area contributed by atoms with Gasteiger partial charge in [-0.25, -0.2) is 0 Å². The Labute approximate surface area is 471 Å². The smallest absolute Gasteiger partial charge is 0.322 e. The lowest BCUT2D eigenvalue weighted by molar-refractivity contribution is -0.142. The lowest BCUT2D eigenvalue weighted by atomic mass is 9.76. The zero-order chi connectivity index (χ0) is 57.8. The van der Waals surface area contributed by atoms with Crippen molar-refractivity contribution < 1.29 is 53.1 Å². The molecule has 5 rings (SSSR count). The fraction of sp³-hybridized carbons (Fsp3) is 0.685. The zero-order valence-electron chi connectivity index (χ0n) is 46.1.